The number of fused-ring (bicyclic) bond motifs is 1. The summed E-state index contributed by atoms with van der Waals surface area (Å²) in [5, 5.41) is 0. The molecular formula is C12H18N2O3S. The zero-order chi connectivity index (χ0) is 13.3. The van der Waals surface area contributed by atoms with Crippen LogP contribution in [-0.2, 0) is 21.4 Å². The van der Waals surface area contributed by atoms with Crippen LogP contribution in [0.3, 0.4) is 0 Å². The molecule has 0 spiro atoms. The molecule has 0 fully saturated rings. The number of methoxy groups -OCH3 is 1. The fraction of sp³-hybridized carbons (Fsp3) is 0.500. The Hall–Kier alpha value is -1.11. The van der Waals surface area contributed by atoms with E-state index in [0.29, 0.717) is 6.54 Å². The molecule has 0 bridgehead atoms. The highest BCUT2D eigenvalue weighted by Gasteiger charge is 2.33. The molecule has 5 nitrogen and oxygen atoms in total. The molecule has 0 radical (unpaired) electrons. The summed E-state index contributed by atoms with van der Waals surface area (Å²) in [6, 6.07) is 7.54. The van der Waals surface area contributed by atoms with Crippen LogP contribution in [0, 0.1) is 0 Å². The second-order valence-electron chi connectivity index (χ2n) is 4.51. The Balaban J connectivity index is 2.48. The molecule has 1 aromatic carbocycles. The lowest BCUT2D eigenvalue weighted by molar-refractivity contribution is 0.107. The van der Waals surface area contributed by atoms with Crippen LogP contribution in [0.4, 0.5) is 5.69 Å². The first-order valence-electron chi connectivity index (χ1n) is 5.77. The van der Waals surface area contributed by atoms with Gasteiger partial charge in [-0.2, -0.15) is 12.7 Å². The molecule has 1 aromatic rings. The maximum absolute atomic E-state index is 12.3. The van der Waals surface area contributed by atoms with Crippen molar-refractivity contribution < 1.29 is 13.2 Å². The van der Waals surface area contributed by atoms with Crippen LogP contribution in [0.5, 0.6) is 0 Å². The summed E-state index contributed by atoms with van der Waals surface area (Å²) in [5.74, 6) is 0. The van der Waals surface area contributed by atoms with Crippen molar-refractivity contribution in [3.63, 3.8) is 0 Å². The summed E-state index contributed by atoms with van der Waals surface area (Å²) in [7, 11) is 1.21. The largest absolute Gasteiger partial charge is 0.379 e. The van der Waals surface area contributed by atoms with Crippen molar-refractivity contribution in [1.29, 1.82) is 0 Å². The minimum atomic E-state index is -3.47. The summed E-state index contributed by atoms with van der Waals surface area (Å²) in [5.41, 5.74) is 1.75. The van der Waals surface area contributed by atoms with E-state index in [1.54, 1.807) is 7.11 Å². The smallest absolute Gasteiger partial charge is 0.303 e. The van der Waals surface area contributed by atoms with Gasteiger partial charge in [0.2, 0.25) is 0 Å². The van der Waals surface area contributed by atoms with E-state index in [9.17, 15) is 8.42 Å². The Bertz CT molecular complexity index is 528. The molecule has 0 amide bonds. The number of nitrogens with zero attached hydrogens (tertiary/aromatic N) is 2. The number of ether oxygens (including phenoxy) is 1. The first-order valence-corrected chi connectivity index (χ1v) is 7.17. The zero-order valence-electron chi connectivity index (χ0n) is 10.8. The molecule has 1 unspecified atom stereocenters. The Morgan fingerprint density at radius 2 is 2.00 bits per heavy atom. The first-order chi connectivity index (χ1) is 8.46. The van der Waals surface area contributed by atoms with E-state index in [-0.39, 0.29) is 6.10 Å². The monoisotopic (exact) mass is 270 g/mol. The van der Waals surface area contributed by atoms with Gasteiger partial charge < -0.3 is 4.74 Å². The Morgan fingerprint density at radius 3 is 2.61 bits per heavy atom. The van der Waals surface area contributed by atoms with Crippen LogP contribution < -0.4 is 4.31 Å². The number of hydrogen-bond donors (Lipinski definition) is 0. The van der Waals surface area contributed by atoms with Crippen molar-refractivity contribution >= 4 is 15.9 Å². The van der Waals surface area contributed by atoms with Crippen LogP contribution in [0.15, 0.2) is 24.3 Å². The van der Waals surface area contributed by atoms with Crippen molar-refractivity contribution in [3.05, 3.63) is 29.8 Å². The Kier molecular flexibility index (Phi) is 3.61. The number of hydrogen-bond acceptors (Lipinski definition) is 3. The molecule has 1 heterocycles. The first kappa shape index (κ1) is 13.3. The normalized spacial score (nSPS) is 20.0. The van der Waals surface area contributed by atoms with Crippen molar-refractivity contribution in [2.24, 2.45) is 0 Å². The molecule has 0 saturated heterocycles. The quantitative estimate of drug-likeness (QED) is 0.819. The van der Waals surface area contributed by atoms with Crippen LogP contribution in [0.1, 0.15) is 5.56 Å². The minimum absolute atomic E-state index is 0.102. The number of para-hydroxylation sites is 1. The lowest BCUT2D eigenvalue weighted by Gasteiger charge is -2.35. The van der Waals surface area contributed by atoms with Gasteiger partial charge in [0.1, 0.15) is 0 Å². The second kappa shape index (κ2) is 4.87. The standard InChI is InChI=1S/C12H18N2O3S/c1-13(2)18(15,16)14-9-11(17-3)8-10-6-4-5-7-12(10)14/h4-7,11H,8-9H2,1-3H3. The molecule has 0 saturated carbocycles. The molecule has 0 N–H and O–H groups in total. The van der Waals surface area contributed by atoms with Gasteiger partial charge in [0.15, 0.2) is 0 Å². The van der Waals surface area contributed by atoms with Gasteiger partial charge in [0.25, 0.3) is 0 Å². The molecule has 2 rings (SSSR count). The van der Waals surface area contributed by atoms with Crippen LogP contribution >= 0.6 is 0 Å². The molecular weight excluding hydrogens is 252 g/mol. The molecule has 1 aliphatic heterocycles. The number of rotatable bonds is 3. The van der Waals surface area contributed by atoms with Crippen LogP contribution in [0.25, 0.3) is 0 Å². The fourth-order valence-corrected chi connectivity index (χ4v) is 3.27. The van der Waals surface area contributed by atoms with Gasteiger partial charge in [-0.05, 0) is 11.6 Å². The van der Waals surface area contributed by atoms with E-state index in [1.807, 2.05) is 24.3 Å². The van der Waals surface area contributed by atoms with Crippen LogP contribution in [0.2, 0.25) is 0 Å². The van der Waals surface area contributed by atoms with Crippen molar-refractivity contribution in [1.82, 2.24) is 4.31 Å². The van der Waals surface area contributed by atoms with Gasteiger partial charge in [0, 0.05) is 27.6 Å². The third-order valence-corrected chi connectivity index (χ3v) is 4.98. The summed E-state index contributed by atoms with van der Waals surface area (Å²) in [6.45, 7) is 0.355. The minimum Gasteiger partial charge on any atom is -0.379 e. The molecule has 0 aliphatic carbocycles. The highest BCUT2D eigenvalue weighted by Crippen LogP contribution is 2.30. The molecule has 6 heteroatoms. The van der Waals surface area contributed by atoms with Gasteiger partial charge in [-0.15, -0.1) is 0 Å². The molecule has 1 aliphatic rings. The molecule has 0 aromatic heterocycles. The topological polar surface area (TPSA) is 49.9 Å². The summed E-state index contributed by atoms with van der Waals surface area (Å²) >= 11 is 0. The number of benzene rings is 1. The summed E-state index contributed by atoms with van der Waals surface area (Å²) in [6.07, 6.45) is 0.640. The van der Waals surface area contributed by atoms with Crippen LogP contribution in [-0.4, -0.2) is 46.6 Å². The van der Waals surface area contributed by atoms with Gasteiger partial charge in [0.05, 0.1) is 18.3 Å². The van der Waals surface area contributed by atoms with E-state index in [2.05, 4.69) is 0 Å². The summed E-state index contributed by atoms with van der Waals surface area (Å²) < 4.78 is 32.6. The predicted molar refractivity (Wildman–Crippen MR) is 70.9 cm³/mol. The van der Waals surface area contributed by atoms with E-state index in [1.165, 1.54) is 22.7 Å². The molecule has 1 atom stereocenters. The summed E-state index contributed by atoms with van der Waals surface area (Å²) in [4.78, 5) is 0. The lowest BCUT2D eigenvalue weighted by Crippen LogP contribution is -2.47. The average Bonchev–Trinajstić information content (AvgIpc) is 2.37. The SMILES string of the molecule is COC1Cc2ccccc2N(S(=O)(=O)N(C)C)C1. The second-order valence-corrected chi connectivity index (χ2v) is 6.58. The predicted octanol–water partition coefficient (Wildman–Crippen LogP) is 0.871. The van der Waals surface area contributed by atoms with E-state index < -0.39 is 10.2 Å². The number of anilines is 1. The van der Waals surface area contributed by atoms with Gasteiger partial charge in [-0.1, -0.05) is 18.2 Å². The highest BCUT2D eigenvalue weighted by atomic mass is 32.2. The van der Waals surface area contributed by atoms with Crippen molar-refractivity contribution in [3.8, 4) is 0 Å². The fourth-order valence-electron chi connectivity index (χ4n) is 2.09. The Morgan fingerprint density at radius 1 is 1.33 bits per heavy atom. The molecule has 18 heavy (non-hydrogen) atoms. The van der Waals surface area contributed by atoms with Gasteiger partial charge >= 0.3 is 10.2 Å². The third kappa shape index (κ3) is 2.23. The lowest BCUT2D eigenvalue weighted by atomic mass is 10.0. The van der Waals surface area contributed by atoms with Gasteiger partial charge in [-0.25, -0.2) is 0 Å². The zero-order valence-corrected chi connectivity index (χ0v) is 11.6. The van der Waals surface area contributed by atoms with Crippen molar-refractivity contribution in [2.45, 2.75) is 12.5 Å². The van der Waals surface area contributed by atoms with E-state index in [4.69, 9.17) is 4.74 Å². The Labute approximate surface area is 108 Å². The molecule has 100 valence electrons. The highest BCUT2D eigenvalue weighted by molar-refractivity contribution is 7.90. The maximum Gasteiger partial charge on any atom is 0.303 e. The van der Waals surface area contributed by atoms with E-state index >= 15 is 0 Å². The van der Waals surface area contributed by atoms with Crippen molar-refractivity contribution in [2.75, 3.05) is 32.1 Å². The van der Waals surface area contributed by atoms with E-state index in [0.717, 1.165) is 17.7 Å². The maximum atomic E-state index is 12.3. The van der Waals surface area contributed by atoms with Gasteiger partial charge in [-0.3, -0.25) is 4.31 Å². The average molecular weight is 270 g/mol. The third-order valence-electron chi connectivity index (χ3n) is 3.15.